The normalized spacial score (nSPS) is 38.3. The molecule has 4 aliphatic carbocycles. The second-order valence-corrected chi connectivity index (χ2v) is 7.01. The van der Waals surface area contributed by atoms with Crippen LogP contribution in [0.15, 0.2) is 6.20 Å². The monoisotopic (exact) mass is 275 g/mol. The Morgan fingerprint density at radius 2 is 1.85 bits per heavy atom. The summed E-state index contributed by atoms with van der Waals surface area (Å²) in [5.41, 5.74) is 6.55. The quantitative estimate of drug-likeness (QED) is 0.885. The first-order valence-electron chi connectivity index (χ1n) is 7.65. The van der Waals surface area contributed by atoms with Crippen molar-refractivity contribution in [2.45, 2.75) is 44.6 Å². The fourth-order valence-corrected chi connectivity index (χ4v) is 5.22. The highest BCUT2D eigenvalue weighted by atomic mass is 16.4. The zero-order valence-corrected chi connectivity index (χ0v) is 11.5. The molecule has 20 heavy (non-hydrogen) atoms. The lowest BCUT2D eigenvalue weighted by Crippen LogP contribution is -2.46. The number of aromatic nitrogens is 2. The molecule has 4 saturated carbocycles. The molecule has 0 amide bonds. The highest BCUT2D eigenvalue weighted by molar-refractivity contribution is 5.71. The Morgan fingerprint density at radius 3 is 2.40 bits per heavy atom. The molecular weight excluding hydrogens is 254 g/mol. The van der Waals surface area contributed by atoms with Gasteiger partial charge in [0.2, 0.25) is 0 Å². The van der Waals surface area contributed by atoms with E-state index in [0.717, 1.165) is 23.7 Å². The third-order valence-electron chi connectivity index (χ3n) is 5.66. The summed E-state index contributed by atoms with van der Waals surface area (Å²) in [6.07, 6.45) is 8.59. The lowest BCUT2D eigenvalue weighted by Gasteiger charge is -2.54. The third kappa shape index (κ3) is 1.83. The Bertz CT molecular complexity index is 523. The van der Waals surface area contributed by atoms with Gasteiger partial charge in [-0.15, -0.1) is 0 Å². The Hall–Kier alpha value is -1.52. The van der Waals surface area contributed by atoms with Gasteiger partial charge in [-0.3, -0.25) is 9.48 Å². The summed E-state index contributed by atoms with van der Waals surface area (Å²) in [4.78, 5) is 10.9. The highest BCUT2D eigenvalue weighted by Crippen LogP contribution is 2.58. The number of nitrogens with two attached hydrogens (primary N) is 1. The van der Waals surface area contributed by atoms with E-state index in [9.17, 15) is 4.79 Å². The van der Waals surface area contributed by atoms with Crippen molar-refractivity contribution in [1.82, 2.24) is 9.78 Å². The van der Waals surface area contributed by atoms with E-state index in [-0.39, 0.29) is 6.42 Å². The van der Waals surface area contributed by atoms with Crippen molar-refractivity contribution in [1.29, 1.82) is 0 Å². The molecule has 1 heterocycles. The average Bonchev–Trinajstić information content (AvgIpc) is 2.68. The SMILES string of the molecule is Nc1nn(C2C3CC4CC(C3)CC2C4)cc1CC(=O)O. The van der Waals surface area contributed by atoms with Gasteiger partial charge in [-0.25, -0.2) is 0 Å². The number of nitrogen functional groups attached to an aromatic ring is 1. The Labute approximate surface area is 118 Å². The number of carboxylic acids is 1. The van der Waals surface area contributed by atoms with Crippen LogP contribution in [0.5, 0.6) is 0 Å². The molecule has 3 N–H and O–H groups in total. The van der Waals surface area contributed by atoms with Crippen LogP contribution in [-0.4, -0.2) is 20.9 Å². The number of hydrogen-bond acceptors (Lipinski definition) is 3. The van der Waals surface area contributed by atoms with Crippen LogP contribution in [0.4, 0.5) is 5.82 Å². The van der Waals surface area contributed by atoms with Crippen molar-refractivity contribution < 1.29 is 9.90 Å². The molecule has 0 unspecified atom stereocenters. The molecule has 5 heteroatoms. The second-order valence-electron chi connectivity index (χ2n) is 7.01. The summed E-state index contributed by atoms with van der Waals surface area (Å²) in [6.45, 7) is 0. The fourth-order valence-electron chi connectivity index (χ4n) is 5.22. The van der Waals surface area contributed by atoms with Crippen LogP contribution in [0.25, 0.3) is 0 Å². The molecule has 5 nitrogen and oxygen atoms in total. The predicted molar refractivity (Wildman–Crippen MR) is 74.1 cm³/mol. The Morgan fingerprint density at radius 1 is 1.25 bits per heavy atom. The summed E-state index contributed by atoms with van der Waals surface area (Å²) in [7, 11) is 0. The van der Waals surface area contributed by atoms with Gasteiger partial charge in [0.05, 0.1) is 12.5 Å². The number of anilines is 1. The van der Waals surface area contributed by atoms with Gasteiger partial charge in [0, 0.05) is 11.8 Å². The minimum atomic E-state index is -0.846. The van der Waals surface area contributed by atoms with E-state index in [1.807, 2.05) is 10.9 Å². The largest absolute Gasteiger partial charge is 0.481 e. The van der Waals surface area contributed by atoms with Crippen LogP contribution < -0.4 is 5.73 Å². The van der Waals surface area contributed by atoms with Crippen molar-refractivity contribution >= 4 is 11.8 Å². The molecule has 1 aromatic rings. The molecule has 0 aliphatic heterocycles. The number of aliphatic carboxylic acids is 1. The molecule has 1 aromatic heterocycles. The maximum absolute atomic E-state index is 10.9. The molecule has 0 saturated heterocycles. The van der Waals surface area contributed by atoms with E-state index in [1.165, 1.54) is 32.1 Å². The van der Waals surface area contributed by atoms with Crippen molar-refractivity contribution in [2.24, 2.45) is 23.7 Å². The number of rotatable bonds is 3. The average molecular weight is 275 g/mol. The number of hydrogen-bond donors (Lipinski definition) is 2. The minimum absolute atomic E-state index is 0.0286. The van der Waals surface area contributed by atoms with E-state index in [4.69, 9.17) is 10.8 Å². The van der Waals surface area contributed by atoms with Crippen LogP contribution >= 0.6 is 0 Å². The standard InChI is InChI=1S/C15H21N3O2/c16-15-12(6-13(19)20)7-18(17-15)14-10-2-8-1-9(4-10)5-11(14)3-8/h7-11,14H,1-6H2,(H2,16,17)(H,19,20). The van der Waals surface area contributed by atoms with Crippen LogP contribution in [0.1, 0.15) is 43.7 Å². The van der Waals surface area contributed by atoms with E-state index in [2.05, 4.69) is 5.10 Å². The molecular formula is C15H21N3O2. The molecule has 0 aromatic carbocycles. The smallest absolute Gasteiger partial charge is 0.308 e. The van der Waals surface area contributed by atoms with Crippen molar-refractivity contribution in [3.63, 3.8) is 0 Å². The molecule has 0 atom stereocenters. The molecule has 0 radical (unpaired) electrons. The van der Waals surface area contributed by atoms with Crippen molar-refractivity contribution in [2.75, 3.05) is 5.73 Å². The summed E-state index contributed by atoms with van der Waals surface area (Å²) in [5, 5.41) is 13.4. The Balaban J connectivity index is 1.63. The topological polar surface area (TPSA) is 81.1 Å². The van der Waals surface area contributed by atoms with Crippen LogP contribution in [0.2, 0.25) is 0 Å². The van der Waals surface area contributed by atoms with Gasteiger partial charge >= 0.3 is 5.97 Å². The first-order valence-corrected chi connectivity index (χ1v) is 7.65. The zero-order valence-electron chi connectivity index (χ0n) is 11.5. The van der Waals surface area contributed by atoms with E-state index in [1.54, 1.807) is 0 Å². The van der Waals surface area contributed by atoms with Gasteiger partial charge in [-0.1, -0.05) is 0 Å². The predicted octanol–water partition coefficient (Wildman–Crippen LogP) is 2.09. The number of nitrogens with zero attached hydrogens (tertiary/aromatic N) is 2. The molecule has 0 spiro atoms. The van der Waals surface area contributed by atoms with Crippen LogP contribution in [0, 0.1) is 23.7 Å². The maximum Gasteiger partial charge on any atom is 0.308 e. The van der Waals surface area contributed by atoms with Crippen molar-refractivity contribution in [3.8, 4) is 0 Å². The van der Waals surface area contributed by atoms with E-state index < -0.39 is 5.97 Å². The minimum Gasteiger partial charge on any atom is -0.481 e. The van der Waals surface area contributed by atoms with E-state index >= 15 is 0 Å². The number of carboxylic acid groups (broad SMARTS) is 1. The van der Waals surface area contributed by atoms with Gasteiger partial charge in [0.25, 0.3) is 0 Å². The van der Waals surface area contributed by atoms with Crippen molar-refractivity contribution in [3.05, 3.63) is 11.8 Å². The maximum atomic E-state index is 10.9. The molecule has 4 bridgehead atoms. The molecule has 5 rings (SSSR count). The van der Waals surface area contributed by atoms with Gasteiger partial charge < -0.3 is 10.8 Å². The van der Waals surface area contributed by atoms with Crippen LogP contribution in [-0.2, 0) is 11.2 Å². The van der Waals surface area contributed by atoms with Gasteiger partial charge in [0.15, 0.2) is 0 Å². The highest BCUT2D eigenvalue weighted by Gasteiger charge is 2.49. The molecule has 108 valence electrons. The molecule has 4 fully saturated rings. The first-order chi connectivity index (χ1) is 9.60. The first kappa shape index (κ1) is 12.2. The van der Waals surface area contributed by atoms with Gasteiger partial charge in [0.1, 0.15) is 5.82 Å². The Kier molecular flexibility index (Phi) is 2.59. The summed E-state index contributed by atoms with van der Waals surface area (Å²) >= 11 is 0. The lowest BCUT2D eigenvalue weighted by molar-refractivity contribution is -0.136. The summed E-state index contributed by atoms with van der Waals surface area (Å²) < 4.78 is 2.00. The lowest BCUT2D eigenvalue weighted by atomic mass is 9.54. The third-order valence-corrected chi connectivity index (χ3v) is 5.66. The fraction of sp³-hybridized carbons (Fsp3) is 0.733. The summed E-state index contributed by atoms with van der Waals surface area (Å²) in [5.74, 6) is 2.86. The van der Waals surface area contributed by atoms with E-state index in [0.29, 0.717) is 17.4 Å². The van der Waals surface area contributed by atoms with Crippen LogP contribution in [0.3, 0.4) is 0 Å². The zero-order chi connectivity index (χ0) is 13.9. The number of carbonyl (C=O) groups is 1. The van der Waals surface area contributed by atoms with Gasteiger partial charge in [-0.05, 0) is 55.8 Å². The van der Waals surface area contributed by atoms with Gasteiger partial charge in [-0.2, -0.15) is 5.10 Å². The second kappa shape index (κ2) is 4.24. The molecule has 4 aliphatic rings. The summed E-state index contributed by atoms with van der Waals surface area (Å²) in [6, 6.07) is 0.452.